The number of ether oxygens (including phenoxy) is 1. The van der Waals surface area contributed by atoms with Gasteiger partial charge < -0.3 is 4.74 Å². The quantitative estimate of drug-likeness (QED) is 0.730. The molecule has 0 aliphatic carbocycles. The van der Waals surface area contributed by atoms with Crippen LogP contribution in [0.1, 0.15) is 18.2 Å². The zero-order valence-electron chi connectivity index (χ0n) is 11.9. The van der Waals surface area contributed by atoms with Crippen LogP contribution < -0.4 is 4.74 Å². The average Bonchev–Trinajstić information content (AvgIpc) is 2.80. The lowest BCUT2D eigenvalue weighted by atomic mass is 10.1. The van der Waals surface area contributed by atoms with Gasteiger partial charge in [0.1, 0.15) is 5.75 Å². The number of nitrogens with zero attached hydrogens (tertiary/aromatic N) is 3. The van der Waals surface area contributed by atoms with Crippen LogP contribution in [0.2, 0.25) is 0 Å². The SMILES string of the molecule is CCOc1ccc(-c2ccc3nc(C)cn3n2)cc1C. The van der Waals surface area contributed by atoms with E-state index in [1.165, 1.54) is 0 Å². The fourth-order valence-corrected chi connectivity index (χ4v) is 2.28. The molecule has 0 saturated heterocycles. The molecule has 4 heteroatoms. The summed E-state index contributed by atoms with van der Waals surface area (Å²) < 4.78 is 7.38. The highest BCUT2D eigenvalue weighted by atomic mass is 16.5. The molecule has 0 unspecified atom stereocenters. The van der Waals surface area contributed by atoms with Crippen molar-refractivity contribution in [1.29, 1.82) is 0 Å². The highest BCUT2D eigenvalue weighted by molar-refractivity contribution is 5.63. The normalized spacial score (nSPS) is 10.9. The average molecular weight is 267 g/mol. The Hall–Kier alpha value is -2.36. The minimum absolute atomic E-state index is 0.679. The molecule has 20 heavy (non-hydrogen) atoms. The van der Waals surface area contributed by atoms with E-state index in [-0.39, 0.29) is 0 Å². The van der Waals surface area contributed by atoms with E-state index >= 15 is 0 Å². The molecule has 0 atom stereocenters. The number of aryl methyl sites for hydroxylation is 2. The van der Waals surface area contributed by atoms with Crippen LogP contribution in [-0.4, -0.2) is 21.2 Å². The minimum atomic E-state index is 0.679. The zero-order valence-corrected chi connectivity index (χ0v) is 11.9. The molecule has 102 valence electrons. The first-order chi connectivity index (χ1) is 9.67. The van der Waals surface area contributed by atoms with Gasteiger partial charge in [-0.1, -0.05) is 0 Å². The standard InChI is InChI=1S/C16H17N3O/c1-4-20-15-7-5-13(9-11(15)2)14-6-8-16-17-12(3)10-19(16)18-14/h5-10H,4H2,1-3H3. The molecule has 0 aliphatic rings. The maximum atomic E-state index is 5.57. The van der Waals surface area contributed by atoms with E-state index in [4.69, 9.17) is 4.74 Å². The van der Waals surface area contributed by atoms with Crippen molar-refractivity contribution in [1.82, 2.24) is 14.6 Å². The van der Waals surface area contributed by atoms with Crippen LogP contribution in [0.5, 0.6) is 5.75 Å². The number of imidazole rings is 1. The maximum absolute atomic E-state index is 5.57. The van der Waals surface area contributed by atoms with E-state index in [1.54, 1.807) is 0 Å². The van der Waals surface area contributed by atoms with Crippen LogP contribution >= 0.6 is 0 Å². The Balaban J connectivity index is 2.03. The smallest absolute Gasteiger partial charge is 0.153 e. The van der Waals surface area contributed by atoms with Crippen molar-refractivity contribution in [2.75, 3.05) is 6.61 Å². The summed E-state index contributed by atoms with van der Waals surface area (Å²) in [6.45, 7) is 6.69. The molecule has 4 nitrogen and oxygen atoms in total. The molecule has 0 N–H and O–H groups in total. The predicted octanol–water partition coefficient (Wildman–Crippen LogP) is 3.41. The molecule has 3 rings (SSSR count). The van der Waals surface area contributed by atoms with Crippen LogP contribution in [-0.2, 0) is 0 Å². The maximum Gasteiger partial charge on any atom is 0.153 e. The van der Waals surface area contributed by atoms with E-state index in [1.807, 2.05) is 55.7 Å². The summed E-state index contributed by atoms with van der Waals surface area (Å²) in [4.78, 5) is 4.38. The summed E-state index contributed by atoms with van der Waals surface area (Å²) in [5.74, 6) is 0.927. The topological polar surface area (TPSA) is 39.4 Å². The van der Waals surface area contributed by atoms with Gasteiger partial charge >= 0.3 is 0 Å². The largest absolute Gasteiger partial charge is 0.494 e. The van der Waals surface area contributed by atoms with E-state index in [9.17, 15) is 0 Å². The summed E-state index contributed by atoms with van der Waals surface area (Å²) in [5, 5.41) is 4.60. The Morgan fingerprint density at radius 1 is 1.15 bits per heavy atom. The van der Waals surface area contributed by atoms with Gasteiger partial charge in [-0.25, -0.2) is 9.50 Å². The first-order valence-corrected chi connectivity index (χ1v) is 6.74. The third kappa shape index (κ3) is 2.25. The second kappa shape index (κ2) is 4.96. The monoisotopic (exact) mass is 267 g/mol. The Morgan fingerprint density at radius 2 is 2.00 bits per heavy atom. The van der Waals surface area contributed by atoms with Crippen molar-refractivity contribution < 1.29 is 4.74 Å². The summed E-state index contributed by atoms with van der Waals surface area (Å²) in [7, 11) is 0. The summed E-state index contributed by atoms with van der Waals surface area (Å²) >= 11 is 0. The van der Waals surface area contributed by atoms with Crippen molar-refractivity contribution in [3.05, 3.63) is 47.8 Å². The fraction of sp³-hybridized carbons (Fsp3) is 0.250. The van der Waals surface area contributed by atoms with E-state index < -0.39 is 0 Å². The van der Waals surface area contributed by atoms with E-state index in [2.05, 4.69) is 16.1 Å². The third-order valence-electron chi connectivity index (χ3n) is 3.21. The second-order valence-corrected chi connectivity index (χ2v) is 4.82. The Bertz CT molecular complexity index is 762. The van der Waals surface area contributed by atoms with Crippen molar-refractivity contribution >= 4 is 5.65 Å². The molecular formula is C16H17N3O. The molecule has 0 saturated carbocycles. The molecule has 0 fully saturated rings. The first-order valence-electron chi connectivity index (χ1n) is 6.74. The number of rotatable bonds is 3. The summed E-state index contributed by atoms with van der Waals surface area (Å²) in [6, 6.07) is 10.1. The Morgan fingerprint density at radius 3 is 2.75 bits per heavy atom. The van der Waals surface area contributed by atoms with Gasteiger partial charge in [0.25, 0.3) is 0 Å². The van der Waals surface area contributed by atoms with Gasteiger partial charge in [-0.05, 0) is 56.7 Å². The first kappa shape index (κ1) is 12.7. The molecule has 3 aromatic rings. The van der Waals surface area contributed by atoms with Gasteiger partial charge in [0.2, 0.25) is 0 Å². The second-order valence-electron chi connectivity index (χ2n) is 4.82. The lowest BCUT2D eigenvalue weighted by molar-refractivity contribution is 0.338. The van der Waals surface area contributed by atoms with Crippen LogP contribution in [0.4, 0.5) is 0 Å². The lowest BCUT2D eigenvalue weighted by Gasteiger charge is -2.09. The van der Waals surface area contributed by atoms with Crippen molar-refractivity contribution in [3.8, 4) is 17.0 Å². The van der Waals surface area contributed by atoms with Gasteiger partial charge in [-0.3, -0.25) is 0 Å². The summed E-state index contributed by atoms with van der Waals surface area (Å²) in [5.41, 5.74) is 4.97. The summed E-state index contributed by atoms with van der Waals surface area (Å²) in [6.07, 6.45) is 1.93. The van der Waals surface area contributed by atoms with Crippen LogP contribution in [0.3, 0.4) is 0 Å². The van der Waals surface area contributed by atoms with Gasteiger partial charge in [0.05, 0.1) is 24.2 Å². The van der Waals surface area contributed by atoms with Crippen molar-refractivity contribution in [3.63, 3.8) is 0 Å². The fourth-order valence-electron chi connectivity index (χ4n) is 2.28. The van der Waals surface area contributed by atoms with Crippen molar-refractivity contribution in [2.24, 2.45) is 0 Å². The number of benzene rings is 1. The van der Waals surface area contributed by atoms with Gasteiger partial charge in [0.15, 0.2) is 5.65 Å². The van der Waals surface area contributed by atoms with Crippen LogP contribution in [0.25, 0.3) is 16.9 Å². The molecule has 0 amide bonds. The van der Waals surface area contributed by atoms with Gasteiger partial charge in [0, 0.05) is 5.56 Å². The molecular weight excluding hydrogens is 250 g/mol. The van der Waals surface area contributed by atoms with Gasteiger partial charge in [-0.15, -0.1) is 0 Å². The molecule has 2 heterocycles. The molecule has 0 radical (unpaired) electrons. The van der Waals surface area contributed by atoms with E-state index in [0.717, 1.165) is 33.9 Å². The highest BCUT2D eigenvalue weighted by Gasteiger charge is 2.06. The Labute approximate surface area is 118 Å². The predicted molar refractivity (Wildman–Crippen MR) is 79.1 cm³/mol. The Kier molecular flexibility index (Phi) is 3.14. The van der Waals surface area contributed by atoms with Gasteiger partial charge in [-0.2, -0.15) is 5.10 Å². The van der Waals surface area contributed by atoms with Crippen LogP contribution in [0, 0.1) is 13.8 Å². The molecule has 2 aromatic heterocycles. The molecule has 0 spiro atoms. The third-order valence-corrected chi connectivity index (χ3v) is 3.21. The van der Waals surface area contributed by atoms with Crippen LogP contribution in [0.15, 0.2) is 36.5 Å². The number of hydrogen-bond donors (Lipinski definition) is 0. The minimum Gasteiger partial charge on any atom is -0.494 e. The zero-order chi connectivity index (χ0) is 14.1. The highest BCUT2D eigenvalue weighted by Crippen LogP contribution is 2.25. The molecule has 0 aliphatic heterocycles. The lowest BCUT2D eigenvalue weighted by Crippen LogP contribution is -1.96. The molecule has 0 bridgehead atoms. The van der Waals surface area contributed by atoms with E-state index in [0.29, 0.717) is 6.61 Å². The molecule has 1 aromatic carbocycles. The number of aromatic nitrogens is 3. The number of fused-ring (bicyclic) bond motifs is 1. The number of hydrogen-bond acceptors (Lipinski definition) is 3. The van der Waals surface area contributed by atoms with Crippen molar-refractivity contribution in [2.45, 2.75) is 20.8 Å².